The molecular formula is C18H20N2O3. The van der Waals surface area contributed by atoms with E-state index in [1.807, 2.05) is 12.1 Å². The maximum absolute atomic E-state index is 12.2. The third-order valence-electron chi connectivity index (χ3n) is 3.57. The van der Waals surface area contributed by atoms with Gasteiger partial charge in [-0.2, -0.15) is 0 Å². The van der Waals surface area contributed by atoms with Crippen LogP contribution in [0, 0.1) is 0 Å². The number of carbonyl (C=O) groups is 2. The number of anilines is 2. The topological polar surface area (TPSA) is 69.6 Å². The molecule has 120 valence electrons. The normalized spacial score (nSPS) is 10.4. The summed E-state index contributed by atoms with van der Waals surface area (Å²) in [5, 5.41) is 11.9. The van der Waals surface area contributed by atoms with Crippen LogP contribution in [0.2, 0.25) is 0 Å². The molecule has 0 fully saturated rings. The molecule has 5 nitrogen and oxygen atoms in total. The predicted octanol–water partition coefficient (Wildman–Crippen LogP) is 3.12. The Labute approximate surface area is 135 Å². The van der Waals surface area contributed by atoms with Gasteiger partial charge in [0, 0.05) is 18.4 Å². The number of hydrogen-bond donors (Lipinski definition) is 2. The van der Waals surface area contributed by atoms with Gasteiger partial charge in [-0.15, -0.1) is 0 Å². The SMILES string of the molecule is CC(C)c1ccc(NC(=O)C(=O)N(C)c2ccc(O)cc2)cc1. The zero-order chi connectivity index (χ0) is 17.0. The fraction of sp³-hybridized carbons (Fsp3) is 0.222. The summed E-state index contributed by atoms with van der Waals surface area (Å²) >= 11 is 0. The van der Waals surface area contributed by atoms with E-state index < -0.39 is 11.8 Å². The smallest absolute Gasteiger partial charge is 0.316 e. The van der Waals surface area contributed by atoms with E-state index in [4.69, 9.17) is 0 Å². The molecule has 0 saturated carbocycles. The molecule has 23 heavy (non-hydrogen) atoms. The molecule has 2 rings (SSSR count). The molecule has 0 saturated heterocycles. The first-order valence-corrected chi connectivity index (χ1v) is 7.36. The molecule has 0 aliphatic rings. The van der Waals surface area contributed by atoms with E-state index in [2.05, 4.69) is 19.2 Å². The lowest BCUT2D eigenvalue weighted by Gasteiger charge is -2.17. The highest BCUT2D eigenvalue weighted by Crippen LogP contribution is 2.19. The zero-order valence-corrected chi connectivity index (χ0v) is 13.4. The largest absolute Gasteiger partial charge is 0.508 e. The van der Waals surface area contributed by atoms with E-state index in [-0.39, 0.29) is 5.75 Å². The van der Waals surface area contributed by atoms with Gasteiger partial charge in [-0.05, 0) is 47.9 Å². The number of nitrogens with one attached hydrogen (secondary N) is 1. The summed E-state index contributed by atoms with van der Waals surface area (Å²) in [6.07, 6.45) is 0. The number of nitrogens with zero attached hydrogens (tertiary/aromatic N) is 1. The number of rotatable bonds is 3. The summed E-state index contributed by atoms with van der Waals surface area (Å²) in [6, 6.07) is 13.5. The standard InChI is InChI=1S/C18H20N2O3/c1-12(2)13-4-6-14(7-5-13)19-17(22)18(23)20(3)15-8-10-16(21)11-9-15/h4-12,21H,1-3H3,(H,19,22). The van der Waals surface area contributed by atoms with Crippen molar-refractivity contribution in [1.29, 1.82) is 0 Å². The zero-order valence-electron chi connectivity index (χ0n) is 13.4. The van der Waals surface area contributed by atoms with Crippen molar-refractivity contribution in [1.82, 2.24) is 0 Å². The Morgan fingerprint density at radius 1 is 1.00 bits per heavy atom. The Balaban J connectivity index is 2.04. The first-order chi connectivity index (χ1) is 10.9. The van der Waals surface area contributed by atoms with Crippen LogP contribution in [-0.4, -0.2) is 24.0 Å². The van der Waals surface area contributed by atoms with Gasteiger partial charge in [-0.1, -0.05) is 26.0 Å². The summed E-state index contributed by atoms with van der Waals surface area (Å²) in [4.78, 5) is 25.5. The average Bonchev–Trinajstić information content (AvgIpc) is 2.54. The van der Waals surface area contributed by atoms with Crippen molar-refractivity contribution in [2.24, 2.45) is 0 Å². The molecular weight excluding hydrogens is 292 g/mol. The summed E-state index contributed by atoms with van der Waals surface area (Å²) in [5.74, 6) is -0.882. The first kappa shape index (κ1) is 16.5. The second-order valence-corrected chi connectivity index (χ2v) is 5.61. The van der Waals surface area contributed by atoms with Crippen LogP contribution in [0.5, 0.6) is 5.75 Å². The van der Waals surface area contributed by atoms with Crippen LogP contribution in [0.4, 0.5) is 11.4 Å². The van der Waals surface area contributed by atoms with Gasteiger partial charge < -0.3 is 15.3 Å². The van der Waals surface area contributed by atoms with Crippen molar-refractivity contribution >= 4 is 23.2 Å². The monoisotopic (exact) mass is 312 g/mol. The van der Waals surface area contributed by atoms with Gasteiger partial charge in [0.2, 0.25) is 0 Å². The molecule has 0 aliphatic carbocycles. The molecule has 0 bridgehead atoms. The molecule has 0 aromatic heterocycles. The molecule has 2 aromatic rings. The third kappa shape index (κ3) is 4.10. The van der Waals surface area contributed by atoms with Crippen molar-refractivity contribution in [3.63, 3.8) is 0 Å². The maximum Gasteiger partial charge on any atom is 0.316 e. The lowest BCUT2D eigenvalue weighted by atomic mass is 10.0. The van der Waals surface area contributed by atoms with Crippen LogP contribution in [-0.2, 0) is 9.59 Å². The van der Waals surface area contributed by atoms with Gasteiger partial charge in [0.25, 0.3) is 0 Å². The summed E-state index contributed by atoms with van der Waals surface area (Å²) in [6.45, 7) is 4.17. The third-order valence-corrected chi connectivity index (χ3v) is 3.57. The number of amides is 2. The highest BCUT2D eigenvalue weighted by atomic mass is 16.3. The number of aromatic hydroxyl groups is 1. The highest BCUT2D eigenvalue weighted by molar-refractivity contribution is 6.44. The molecule has 5 heteroatoms. The molecule has 2 N–H and O–H groups in total. The Morgan fingerprint density at radius 2 is 1.57 bits per heavy atom. The van der Waals surface area contributed by atoms with Crippen molar-refractivity contribution in [2.45, 2.75) is 19.8 Å². The molecule has 2 aromatic carbocycles. The summed E-state index contributed by atoms with van der Waals surface area (Å²) < 4.78 is 0. The van der Waals surface area contributed by atoms with Crippen molar-refractivity contribution in [3.8, 4) is 5.75 Å². The first-order valence-electron chi connectivity index (χ1n) is 7.36. The van der Waals surface area contributed by atoms with Crippen molar-refractivity contribution in [3.05, 3.63) is 54.1 Å². The Morgan fingerprint density at radius 3 is 2.09 bits per heavy atom. The molecule has 2 amide bonds. The quantitative estimate of drug-likeness (QED) is 0.856. The Bertz CT molecular complexity index is 691. The van der Waals surface area contributed by atoms with Gasteiger partial charge in [-0.25, -0.2) is 0 Å². The second-order valence-electron chi connectivity index (χ2n) is 5.61. The minimum absolute atomic E-state index is 0.101. The van der Waals surface area contributed by atoms with E-state index in [0.717, 1.165) is 5.56 Å². The Kier molecular flexibility index (Phi) is 5.01. The predicted molar refractivity (Wildman–Crippen MR) is 90.7 cm³/mol. The minimum Gasteiger partial charge on any atom is -0.508 e. The molecule has 0 unspecified atom stereocenters. The minimum atomic E-state index is -0.710. The van der Waals surface area contributed by atoms with Crippen LogP contribution in [0.1, 0.15) is 25.3 Å². The van der Waals surface area contributed by atoms with Crippen LogP contribution in [0.15, 0.2) is 48.5 Å². The summed E-state index contributed by atoms with van der Waals surface area (Å²) in [5.41, 5.74) is 2.26. The molecule has 0 heterocycles. The fourth-order valence-electron chi connectivity index (χ4n) is 2.08. The molecule has 0 atom stereocenters. The molecule has 0 spiro atoms. The van der Waals surface area contributed by atoms with Crippen LogP contribution in [0.25, 0.3) is 0 Å². The maximum atomic E-state index is 12.2. The van der Waals surface area contributed by atoms with Gasteiger partial charge >= 0.3 is 11.8 Å². The van der Waals surface area contributed by atoms with Crippen LogP contribution < -0.4 is 10.2 Å². The number of phenolic OH excluding ortho intramolecular Hbond substituents is 1. The van der Waals surface area contributed by atoms with Gasteiger partial charge in [0.15, 0.2) is 0 Å². The fourth-order valence-corrected chi connectivity index (χ4v) is 2.08. The lowest BCUT2D eigenvalue weighted by Crippen LogP contribution is -2.37. The number of phenols is 1. The van der Waals surface area contributed by atoms with E-state index in [1.54, 1.807) is 24.3 Å². The van der Waals surface area contributed by atoms with Crippen molar-refractivity contribution < 1.29 is 14.7 Å². The Hall–Kier alpha value is -2.82. The second kappa shape index (κ2) is 6.96. The van der Waals surface area contributed by atoms with Crippen LogP contribution in [0.3, 0.4) is 0 Å². The van der Waals surface area contributed by atoms with E-state index in [0.29, 0.717) is 17.3 Å². The lowest BCUT2D eigenvalue weighted by molar-refractivity contribution is -0.134. The van der Waals surface area contributed by atoms with E-state index in [9.17, 15) is 14.7 Å². The molecule has 0 aliphatic heterocycles. The number of likely N-dealkylation sites (N-methyl/N-ethyl adjacent to an activating group) is 1. The number of benzene rings is 2. The summed E-state index contributed by atoms with van der Waals surface area (Å²) in [7, 11) is 1.51. The van der Waals surface area contributed by atoms with Gasteiger partial charge in [0.1, 0.15) is 5.75 Å². The van der Waals surface area contributed by atoms with Crippen LogP contribution >= 0.6 is 0 Å². The highest BCUT2D eigenvalue weighted by Gasteiger charge is 2.20. The number of hydrogen-bond acceptors (Lipinski definition) is 3. The molecule has 0 radical (unpaired) electrons. The van der Waals surface area contributed by atoms with E-state index >= 15 is 0 Å². The number of carbonyl (C=O) groups excluding carboxylic acids is 2. The van der Waals surface area contributed by atoms with Crippen molar-refractivity contribution in [2.75, 3.05) is 17.3 Å². The average molecular weight is 312 g/mol. The van der Waals surface area contributed by atoms with Gasteiger partial charge in [-0.3, -0.25) is 9.59 Å². The van der Waals surface area contributed by atoms with E-state index in [1.165, 1.54) is 24.1 Å². The van der Waals surface area contributed by atoms with Gasteiger partial charge in [0.05, 0.1) is 0 Å².